The maximum atomic E-state index is 12.3. The Morgan fingerprint density at radius 3 is 2.71 bits per heavy atom. The molecule has 1 rings (SSSR count). The lowest BCUT2D eigenvalue weighted by Crippen LogP contribution is -2.16. The summed E-state index contributed by atoms with van der Waals surface area (Å²) in [5.74, 6) is -0.912. The van der Waals surface area contributed by atoms with Gasteiger partial charge in [-0.05, 0) is 6.07 Å². The van der Waals surface area contributed by atoms with Gasteiger partial charge in [-0.1, -0.05) is 11.6 Å². The number of aromatic nitrogens is 1. The molecule has 0 saturated carbocycles. The van der Waals surface area contributed by atoms with Crippen LogP contribution in [0.2, 0.25) is 5.02 Å². The van der Waals surface area contributed by atoms with Crippen LogP contribution in [0.1, 0.15) is 5.56 Å². The van der Waals surface area contributed by atoms with E-state index < -0.39 is 17.6 Å². The molecule has 0 fully saturated rings. The molecule has 1 radical (unpaired) electrons. The molecule has 0 bridgehead atoms. The highest BCUT2D eigenvalue weighted by Crippen LogP contribution is 2.32. The number of hydrogen-bond donors (Lipinski definition) is 1. The van der Waals surface area contributed by atoms with E-state index in [4.69, 9.17) is 22.1 Å². The molecule has 1 amide bonds. The largest absolute Gasteiger partial charge is 0.476 e. The number of nitrogens with zero attached hydrogens (tertiary/aromatic N) is 1. The first-order valence-electron chi connectivity index (χ1n) is 4.29. The smallest absolute Gasteiger partial charge is 0.417 e. The summed E-state index contributed by atoms with van der Waals surface area (Å²) in [7, 11) is 0. The highest BCUT2D eigenvalue weighted by molar-refractivity contribution is 6.31. The van der Waals surface area contributed by atoms with Crippen LogP contribution < -0.4 is 10.5 Å². The van der Waals surface area contributed by atoms with Crippen LogP contribution in [0.25, 0.3) is 0 Å². The number of halogens is 4. The summed E-state index contributed by atoms with van der Waals surface area (Å²) in [6, 6.07) is 0.689. The van der Waals surface area contributed by atoms with E-state index in [-0.39, 0.29) is 17.5 Å². The maximum absolute atomic E-state index is 12.3. The van der Waals surface area contributed by atoms with Crippen molar-refractivity contribution in [2.24, 2.45) is 5.73 Å². The molecular formula is C9H7ClF3N2O2. The average molecular weight is 268 g/mol. The van der Waals surface area contributed by atoms with Crippen molar-refractivity contribution in [1.82, 2.24) is 4.98 Å². The average Bonchev–Trinajstić information content (AvgIpc) is 2.18. The lowest BCUT2D eigenvalue weighted by atomic mass is 10.3. The third-order valence-electron chi connectivity index (χ3n) is 1.64. The van der Waals surface area contributed by atoms with Crippen molar-refractivity contribution < 1.29 is 22.7 Å². The zero-order valence-electron chi connectivity index (χ0n) is 8.29. The molecule has 8 heteroatoms. The topological polar surface area (TPSA) is 65.2 Å². The van der Waals surface area contributed by atoms with Gasteiger partial charge in [0.15, 0.2) is 0 Å². The molecule has 1 aromatic heterocycles. The molecule has 2 N–H and O–H groups in total. The molecule has 1 aromatic rings. The van der Waals surface area contributed by atoms with Crippen LogP contribution in [-0.2, 0) is 11.0 Å². The van der Waals surface area contributed by atoms with Crippen molar-refractivity contribution in [3.8, 4) is 5.88 Å². The third kappa shape index (κ3) is 4.10. The molecule has 4 nitrogen and oxygen atoms in total. The Morgan fingerprint density at radius 1 is 1.59 bits per heavy atom. The van der Waals surface area contributed by atoms with Crippen LogP contribution in [0.4, 0.5) is 13.2 Å². The van der Waals surface area contributed by atoms with Gasteiger partial charge in [-0.15, -0.1) is 0 Å². The van der Waals surface area contributed by atoms with Gasteiger partial charge in [0, 0.05) is 6.20 Å². The standard InChI is InChI=1S/C9H7ClF3N2O2/c10-6-3-5(9(11,12)13)4-15-8(6)17-2-1-7(14)16/h1,3-4H,2H2,(H2,14,16). The van der Waals surface area contributed by atoms with Gasteiger partial charge in [0.05, 0.1) is 12.0 Å². The van der Waals surface area contributed by atoms with Crippen molar-refractivity contribution in [1.29, 1.82) is 0 Å². The summed E-state index contributed by atoms with van der Waals surface area (Å²) in [5.41, 5.74) is 3.82. The van der Waals surface area contributed by atoms with E-state index in [0.29, 0.717) is 12.3 Å². The fraction of sp³-hybridized carbons (Fsp3) is 0.222. The quantitative estimate of drug-likeness (QED) is 0.905. The van der Waals surface area contributed by atoms with Crippen LogP contribution in [0.5, 0.6) is 5.88 Å². The molecule has 0 atom stereocenters. The summed E-state index contributed by atoms with van der Waals surface area (Å²) >= 11 is 5.53. The maximum Gasteiger partial charge on any atom is 0.417 e. The van der Waals surface area contributed by atoms with E-state index in [0.717, 1.165) is 6.42 Å². The van der Waals surface area contributed by atoms with Gasteiger partial charge in [-0.25, -0.2) is 4.98 Å². The van der Waals surface area contributed by atoms with Gasteiger partial charge in [0.1, 0.15) is 11.6 Å². The SMILES string of the molecule is NC(=O)[CH]COc1ncc(C(F)(F)F)cc1Cl. The Bertz CT molecular complexity index is 423. The van der Waals surface area contributed by atoms with Crippen molar-refractivity contribution in [3.63, 3.8) is 0 Å². The van der Waals surface area contributed by atoms with E-state index in [1.165, 1.54) is 0 Å². The lowest BCUT2D eigenvalue weighted by Gasteiger charge is -2.09. The van der Waals surface area contributed by atoms with Gasteiger partial charge in [-0.2, -0.15) is 13.2 Å². The Balaban J connectivity index is 2.73. The number of ether oxygens (including phenoxy) is 1. The zero-order chi connectivity index (χ0) is 13.1. The molecule has 0 saturated heterocycles. The molecule has 0 aliphatic carbocycles. The molecular weight excluding hydrogens is 261 g/mol. The minimum atomic E-state index is -4.52. The fourth-order valence-corrected chi connectivity index (χ4v) is 1.11. The van der Waals surface area contributed by atoms with Crippen LogP contribution >= 0.6 is 11.6 Å². The molecule has 0 aliphatic heterocycles. The summed E-state index contributed by atoms with van der Waals surface area (Å²) in [6.07, 6.45) is -2.93. The first-order chi connectivity index (χ1) is 7.80. The van der Waals surface area contributed by atoms with Crippen LogP contribution in [0.3, 0.4) is 0 Å². The van der Waals surface area contributed by atoms with Gasteiger partial charge in [0.25, 0.3) is 0 Å². The number of alkyl halides is 3. The second-order valence-corrected chi connectivity index (χ2v) is 3.33. The highest BCUT2D eigenvalue weighted by Gasteiger charge is 2.31. The van der Waals surface area contributed by atoms with Crippen molar-refractivity contribution in [2.75, 3.05) is 6.61 Å². The Morgan fingerprint density at radius 2 is 2.24 bits per heavy atom. The summed E-state index contributed by atoms with van der Waals surface area (Å²) in [6.45, 7) is -0.215. The Hall–Kier alpha value is -1.50. The predicted octanol–water partition coefficient (Wildman–Crippen LogP) is 1.82. The second-order valence-electron chi connectivity index (χ2n) is 2.93. The second kappa shape index (κ2) is 5.22. The van der Waals surface area contributed by atoms with Crippen LogP contribution in [0, 0.1) is 6.42 Å². The van der Waals surface area contributed by atoms with E-state index >= 15 is 0 Å². The van der Waals surface area contributed by atoms with Crippen molar-refractivity contribution in [2.45, 2.75) is 6.18 Å². The van der Waals surface area contributed by atoms with E-state index in [1.54, 1.807) is 0 Å². The van der Waals surface area contributed by atoms with E-state index in [1.807, 2.05) is 0 Å². The van der Waals surface area contributed by atoms with Gasteiger partial charge in [-0.3, -0.25) is 4.79 Å². The monoisotopic (exact) mass is 267 g/mol. The minimum absolute atomic E-state index is 0.197. The minimum Gasteiger partial charge on any atom is -0.476 e. The molecule has 1 heterocycles. The fourth-order valence-electron chi connectivity index (χ4n) is 0.889. The van der Waals surface area contributed by atoms with Gasteiger partial charge in [0.2, 0.25) is 11.8 Å². The number of pyridine rings is 1. The number of hydrogen-bond acceptors (Lipinski definition) is 3. The van der Waals surface area contributed by atoms with Crippen LogP contribution in [0.15, 0.2) is 12.3 Å². The molecule has 93 valence electrons. The first kappa shape index (κ1) is 13.6. The molecule has 17 heavy (non-hydrogen) atoms. The van der Waals surface area contributed by atoms with E-state index in [9.17, 15) is 18.0 Å². The number of carbonyl (C=O) groups excluding carboxylic acids is 1. The predicted molar refractivity (Wildman–Crippen MR) is 53.2 cm³/mol. The number of amides is 1. The van der Waals surface area contributed by atoms with E-state index in [2.05, 4.69) is 4.98 Å². The number of carbonyl (C=O) groups is 1. The highest BCUT2D eigenvalue weighted by atomic mass is 35.5. The lowest BCUT2D eigenvalue weighted by molar-refractivity contribution is -0.137. The van der Waals surface area contributed by atoms with Gasteiger partial charge >= 0.3 is 6.18 Å². The number of nitrogens with two attached hydrogens (primary N) is 1. The van der Waals surface area contributed by atoms with Crippen molar-refractivity contribution in [3.05, 3.63) is 29.3 Å². The number of primary amides is 1. The van der Waals surface area contributed by atoms with Crippen molar-refractivity contribution >= 4 is 17.5 Å². The summed E-state index contributed by atoms with van der Waals surface area (Å²) < 4.78 is 41.6. The molecule has 0 aromatic carbocycles. The normalized spacial score (nSPS) is 11.3. The third-order valence-corrected chi connectivity index (χ3v) is 1.91. The molecule has 0 aliphatic rings. The van der Waals surface area contributed by atoms with Crippen LogP contribution in [-0.4, -0.2) is 17.5 Å². The summed E-state index contributed by atoms with van der Waals surface area (Å²) in [5, 5.41) is -0.294. The molecule has 0 spiro atoms. The van der Waals surface area contributed by atoms with Gasteiger partial charge < -0.3 is 10.5 Å². The summed E-state index contributed by atoms with van der Waals surface area (Å²) in [4.78, 5) is 13.7. The number of rotatable bonds is 4. The first-order valence-corrected chi connectivity index (χ1v) is 4.66. The Kier molecular flexibility index (Phi) is 4.17. The molecule has 0 unspecified atom stereocenters. The Labute approximate surface area is 99.5 Å². The zero-order valence-corrected chi connectivity index (χ0v) is 9.05.